The third-order valence-corrected chi connectivity index (χ3v) is 3.46. The standard InChI is InChI=1S/C15H24N2O4/c1-4-17-11(2)6-7-12(14(17)20)13(19)16-10-15(3,21)8-5-9-18/h6-7,18,21H,4-5,8-10H2,1-3H3,(H,16,19)/t15-/m1/s1. The molecule has 1 aromatic heterocycles. The second-order valence-electron chi connectivity index (χ2n) is 5.44. The lowest BCUT2D eigenvalue weighted by Crippen LogP contribution is -2.42. The molecule has 0 unspecified atom stereocenters. The molecule has 3 N–H and O–H groups in total. The van der Waals surface area contributed by atoms with Crippen molar-refractivity contribution in [3.63, 3.8) is 0 Å². The summed E-state index contributed by atoms with van der Waals surface area (Å²) < 4.78 is 1.53. The van der Waals surface area contributed by atoms with Crippen LogP contribution in [0.2, 0.25) is 0 Å². The number of amides is 1. The Morgan fingerprint density at radius 3 is 2.67 bits per heavy atom. The summed E-state index contributed by atoms with van der Waals surface area (Å²) in [4.78, 5) is 24.2. The van der Waals surface area contributed by atoms with Crippen LogP contribution in [0.25, 0.3) is 0 Å². The highest BCUT2D eigenvalue weighted by molar-refractivity contribution is 5.93. The fourth-order valence-electron chi connectivity index (χ4n) is 2.15. The van der Waals surface area contributed by atoms with E-state index in [1.54, 1.807) is 13.0 Å². The van der Waals surface area contributed by atoms with E-state index in [0.29, 0.717) is 19.4 Å². The molecule has 118 valence electrons. The minimum atomic E-state index is -1.10. The maximum Gasteiger partial charge on any atom is 0.263 e. The predicted octanol–water partition coefficient (Wildman–Crippen LogP) is 0.430. The van der Waals surface area contributed by atoms with Crippen LogP contribution in [0, 0.1) is 6.92 Å². The molecule has 1 heterocycles. The van der Waals surface area contributed by atoms with Crippen LogP contribution in [0.3, 0.4) is 0 Å². The van der Waals surface area contributed by atoms with E-state index in [1.807, 2.05) is 13.8 Å². The molecule has 21 heavy (non-hydrogen) atoms. The zero-order valence-corrected chi connectivity index (χ0v) is 12.8. The first-order valence-corrected chi connectivity index (χ1v) is 7.14. The quantitative estimate of drug-likeness (QED) is 0.680. The Balaban J connectivity index is 2.80. The molecule has 0 saturated heterocycles. The van der Waals surface area contributed by atoms with Gasteiger partial charge in [0.1, 0.15) is 5.56 Å². The second-order valence-corrected chi connectivity index (χ2v) is 5.44. The largest absolute Gasteiger partial charge is 0.396 e. The maximum atomic E-state index is 12.2. The van der Waals surface area contributed by atoms with Gasteiger partial charge in [-0.2, -0.15) is 0 Å². The minimum absolute atomic E-state index is 0.0106. The zero-order chi connectivity index (χ0) is 16.0. The monoisotopic (exact) mass is 296 g/mol. The first-order valence-electron chi connectivity index (χ1n) is 7.14. The highest BCUT2D eigenvalue weighted by Crippen LogP contribution is 2.10. The number of aryl methyl sites for hydroxylation is 1. The molecule has 0 aliphatic rings. The predicted molar refractivity (Wildman–Crippen MR) is 80.4 cm³/mol. The SMILES string of the molecule is CCn1c(C)ccc(C(=O)NC[C@](C)(O)CCCO)c1=O. The number of pyridine rings is 1. The van der Waals surface area contributed by atoms with Crippen molar-refractivity contribution in [1.29, 1.82) is 0 Å². The molecule has 0 saturated carbocycles. The van der Waals surface area contributed by atoms with E-state index >= 15 is 0 Å². The van der Waals surface area contributed by atoms with Crippen molar-refractivity contribution in [3.05, 3.63) is 33.7 Å². The Hall–Kier alpha value is -1.66. The highest BCUT2D eigenvalue weighted by atomic mass is 16.3. The van der Waals surface area contributed by atoms with Gasteiger partial charge in [0.25, 0.3) is 11.5 Å². The summed E-state index contributed by atoms with van der Waals surface area (Å²) in [5.41, 5.74) is -0.563. The first kappa shape index (κ1) is 17.4. The Morgan fingerprint density at radius 1 is 1.43 bits per heavy atom. The van der Waals surface area contributed by atoms with Crippen LogP contribution in [-0.4, -0.2) is 39.4 Å². The van der Waals surface area contributed by atoms with Crippen LogP contribution in [0.1, 0.15) is 42.7 Å². The van der Waals surface area contributed by atoms with Gasteiger partial charge in [-0.25, -0.2) is 0 Å². The number of carbonyl (C=O) groups is 1. The first-order chi connectivity index (χ1) is 9.82. The van der Waals surface area contributed by atoms with Crippen molar-refractivity contribution < 1.29 is 15.0 Å². The van der Waals surface area contributed by atoms with Crippen LogP contribution in [0.15, 0.2) is 16.9 Å². The third-order valence-electron chi connectivity index (χ3n) is 3.46. The molecule has 0 aliphatic carbocycles. The minimum Gasteiger partial charge on any atom is -0.396 e. The average molecular weight is 296 g/mol. The second kappa shape index (κ2) is 7.38. The van der Waals surface area contributed by atoms with Gasteiger partial charge in [-0.15, -0.1) is 0 Å². The molecule has 6 nitrogen and oxygen atoms in total. The maximum absolute atomic E-state index is 12.2. The molecule has 0 radical (unpaired) electrons. The van der Waals surface area contributed by atoms with Gasteiger partial charge in [0.05, 0.1) is 5.60 Å². The van der Waals surface area contributed by atoms with Crippen LogP contribution < -0.4 is 10.9 Å². The molecule has 0 aromatic carbocycles. The summed E-state index contributed by atoms with van der Waals surface area (Å²) in [6, 6.07) is 3.23. The van der Waals surface area contributed by atoms with E-state index in [9.17, 15) is 14.7 Å². The van der Waals surface area contributed by atoms with Gasteiger partial charge in [0, 0.05) is 25.4 Å². The van der Waals surface area contributed by atoms with E-state index < -0.39 is 11.5 Å². The normalized spacial score (nSPS) is 13.8. The summed E-state index contributed by atoms with van der Waals surface area (Å²) in [7, 11) is 0. The summed E-state index contributed by atoms with van der Waals surface area (Å²) in [5.74, 6) is -0.494. The van der Waals surface area contributed by atoms with Crippen molar-refractivity contribution >= 4 is 5.91 Å². The Morgan fingerprint density at radius 2 is 2.10 bits per heavy atom. The van der Waals surface area contributed by atoms with Gasteiger partial charge in [0.15, 0.2) is 0 Å². The Labute approximate surface area is 124 Å². The molecule has 1 rings (SSSR count). The molecule has 0 fully saturated rings. The molecular formula is C15H24N2O4. The number of nitrogens with one attached hydrogen (secondary N) is 1. The van der Waals surface area contributed by atoms with Crippen molar-refractivity contribution in [2.24, 2.45) is 0 Å². The number of hydrogen-bond acceptors (Lipinski definition) is 4. The van der Waals surface area contributed by atoms with Crippen molar-refractivity contribution in [2.45, 2.75) is 45.8 Å². The number of nitrogens with zero attached hydrogens (tertiary/aromatic N) is 1. The zero-order valence-electron chi connectivity index (χ0n) is 12.8. The molecule has 1 amide bonds. The molecular weight excluding hydrogens is 272 g/mol. The van der Waals surface area contributed by atoms with Gasteiger partial charge in [-0.1, -0.05) is 0 Å². The van der Waals surface area contributed by atoms with Crippen molar-refractivity contribution in [1.82, 2.24) is 9.88 Å². The van der Waals surface area contributed by atoms with Crippen molar-refractivity contribution in [2.75, 3.05) is 13.2 Å². The number of carbonyl (C=O) groups excluding carboxylic acids is 1. The topological polar surface area (TPSA) is 91.6 Å². The highest BCUT2D eigenvalue weighted by Gasteiger charge is 2.22. The van der Waals surface area contributed by atoms with E-state index in [1.165, 1.54) is 10.6 Å². The molecule has 0 bridgehead atoms. The molecule has 1 atom stereocenters. The number of rotatable bonds is 7. The third kappa shape index (κ3) is 4.68. The lowest BCUT2D eigenvalue weighted by Gasteiger charge is -2.23. The van der Waals surface area contributed by atoms with E-state index in [4.69, 9.17) is 5.11 Å². The summed E-state index contributed by atoms with van der Waals surface area (Å²) >= 11 is 0. The van der Waals surface area contributed by atoms with Crippen molar-refractivity contribution in [3.8, 4) is 0 Å². The molecule has 1 aromatic rings. The van der Waals surface area contributed by atoms with E-state index in [0.717, 1.165) is 5.69 Å². The van der Waals surface area contributed by atoms with Gasteiger partial charge >= 0.3 is 0 Å². The van der Waals surface area contributed by atoms with Gasteiger partial charge in [-0.05, 0) is 45.7 Å². The molecule has 0 spiro atoms. The van der Waals surface area contributed by atoms with Crippen LogP contribution >= 0.6 is 0 Å². The summed E-state index contributed by atoms with van der Waals surface area (Å²) in [6.07, 6.45) is 0.826. The fourth-order valence-corrected chi connectivity index (χ4v) is 2.15. The van der Waals surface area contributed by atoms with Gasteiger partial charge in [-0.3, -0.25) is 9.59 Å². The van der Waals surface area contributed by atoms with Gasteiger partial charge in [0.2, 0.25) is 0 Å². The molecule has 0 aliphatic heterocycles. The van der Waals surface area contributed by atoms with Crippen LogP contribution in [0.5, 0.6) is 0 Å². The lowest BCUT2D eigenvalue weighted by atomic mass is 10.0. The Bertz CT molecular complexity index is 549. The van der Waals surface area contributed by atoms with Crippen LogP contribution in [0.4, 0.5) is 0 Å². The number of hydrogen-bond donors (Lipinski definition) is 3. The fraction of sp³-hybridized carbons (Fsp3) is 0.600. The Kier molecular flexibility index (Phi) is 6.11. The number of aliphatic hydroxyl groups excluding tert-OH is 1. The lowest BCUT2D eigenvalue weighted by molar-refractivity contribution is 0.0415. The summed E-state index contributed by atoms with van der Waals surface area (Å²) in [5, 5.41) is 21.4. The number of aromatic nitrogens is 1. The average Bonchev–Trinajstić information content (AvgIpc) is 2.43. The van der Waals surface area contributed by atoms with E-state index in [-0.39, 0.29) is 24.3 Å². The number of aliphatic hydroxyl groups is 2. The smallest absolute Gasteiger partial charge is 0.263 e. The summed E-state index contributed by atoms with van der Waals surface area (Å²) in [6.45, 7) is 5.76. The van der Waals surface area contributed by atoms with Gasteiger partial charge < -0.3 is 20.1 Å². The molecule has 6 heteroatoms. The van der Waals surface area contributed by atoms with Crippen LogP contribution in [-0.2, 0) is 6.54 Å². The van der Waals surface area contributed by atoms with E-state index in [2.05, 4.69) is 5.32 Å².